The largest absolute Gasteiger partial charge is 0.491 e. The van der Waals surface area contributed by atoms with Gasteiger partial charge in [0.15, 0.2) is 0 Å². The van der Waals surface area contributed by atoms with Gasteiger partial charge in [0, 0.05) is 17.6 Å². The molecular weight excluding hydrogens is 258 g/mol. The Kier molecular flexibility index (Phi) is 4.89. The van der Waals surface area contributed by atoms with Crippen LogP contribution in [0, 0.1) is 0 Å². The summed E-state index contributed by atoms with van der Waals surface area (Å²) in [6, 6.07) is 12.7. The number of nitrogens with one attached hydrogen (secondary N) is 1. The van der Waals surface area contributed by atoms with Gasteiger partial charge in [0.25, 0.3) is 0 Å². The predicted molar refractivity (Wildman–Crippen MR) is 90.9 cm³/mol. The molecule has 0 saturated carbocycles. The molecule has 0 unspecified atom stereocenters. The number of hydrogen-bond acceptors (Lipinski definition) is 2. The van der Waals surface area contributed by atoms with Gasteiger partial charge in [-0.25, -0.2) is 0 Å². The molecule has 0 aliphatic rings. The van der Waals surface area contributed by atoms with Gasteiger partial charge in [-0.2, -0.15) is 0 Å². The fourth-order valence-electron chi connectivity index (χ4n) is 2.32. The molecule has 2 aromatic rings. The number of fused-ring (bicyclic) bond motifs is 1. The summed E-state index contributed by atoms with van der Waals surface area (Å²) >= 11 is 0. The van der Waals surface area contributed by atoms with Gasteiger partial charge in [-0.1, -0.05) is 37.3 Å². The van der Waals surface area contributed by atoms with Crippen LogP contribution in [0.2, 0.25) is 0 Å². The molecule has 0 fully saturated rings. The fraction of sp³-hybridized carbons (Fsp3) is 0.474. The molecule has 0 aliphatic heterocycles. The third-order valence-electron chi connectivity index (χ3n) is 3.99. The van der Waals surface area contributed by atoms with Crippen molar-refractivity contribution in [1.29, 1.82) is 0 Å². The Bertz CT molecular complexity index is 602. The molecule has 0 aliphatic carbocycles. The highest BCUT2D eigenvalue weighted by molar-refractivity contribution is 5.87. The van der Waals surface area contributed by atoms with E-state index in [1.54, 1.807) is 0 Å². The van der Waals surface area contributed by atoms with Crippen molar-refractivity contribution in [3.63, 3.8) is 0 Å². The third kappa shape index (κ3) is 3.98. The summed E-state index contributed by atoms with van der Waals surface area (Å²) < 4.78 is 6.01. The van der Waals surface area contributed by atoms with E-state index in [1.165, 1.54) is 16.3 Å². The lowest BCUT2D eigenvalue weighted by molar-refractivity contribution is 0.239. The molecule has 0 spiro atoms. The number of benzene rings is 2. The minimum atomic E-state index is 0.131. The van der Waals surface area contributed by atoms with Gasteiger partial charge < -0.3 is 10.1 Å². The fourth-order valence-corrected chi connectivity index (χ4v) is 2.32. The zero-order valence-electron chi connectivity index (χ0n) is 13.9. The molecular formula is C19H27NO. The normalized spacial score (nSPS) is 12.1. The van der Waals surface area contributed by atoms with Crippen LogP contribution in [0.4, 0.5) is 0 Å². The monoisotopic (exact) mass is 285 g/mol. The number of hydrogen-bond donors (Lipinski definition) is 1. The first-order valence-corrected chi connectivity index (χ1v) is 7.85. The first kappa shape index (κ1) is 15.8. The molecule has 0 atom stereocenters. The maximum atomic E-state index is 6.01. The topological polar surface area (TPSA) is 21.3 Å². The summed E-state index contributed by atoms with van der Waals surface area (Å²) in [6.07, 6.45) is 1.28. The van der Waals surface area contributed by atoms with E-state index in [9.17, 15) is 0 Å². The lowest BCUT2D eigenvalue weighted by Crippen LogP contribution is -2.38. The Hall–Kier alpha value is -1.54. The van der Waals surface area contributed by atoms with Crippen molar-refractivity contribution in [2.24, 2.45) is 0 Å². The second kappa shape index (κ2) is 6.48. The lowest BCUT2D eigenvalue weighted by atomic mass is 9.99. The van der Waals surface area contributed by atoms with E-state index in [1.807, 2.05) is 0 Å². The summed E-state index contributed by atoms with van der Waals surface area (Å²) in [4.78, 5) is 0. The molecule has 2 aromatic carbocycles. The average Bonchev–Trinajstić information content (AvgIpc) is 2.45. The summed E-state index contributed by atoms with van der Waals surface area (Å²) in [5, 5.41) is 6.19. The van der Waals surface area contributed by atoms with Crippen LogP contribution < -0.4 is 10.1 Å². The summed E-state index contributed by atoms with van der Waals surface area (Å²) in [5.41, 5.74) is 1.38. The first-order valence-electron chi connectivity index (χ1n) is 7.85. The molecule has 0 saturated heterocycles. The molecule has 0 heterocycles. The van der Waals surface area contributed by atoms with E-state index in [0.717, 1.165) is 18.7 Å². The Balaban J connectivity index is 2.40. The van der Waals surface area contributed by atoms with Crippen LogP contribution in [0.3, 0.4) is 0 Å². The number of ether oxygens (including phenoxy) is 1. The van der Waals surface area contributed by atoms with Crippen molar-refractivity contribution in [2.75, 3.05) is 0 Å². The van der Waals surface area contributed by atoms with Gasteiger partial charge in [0.2, 0.25) is 0 Å². The highest BCUT2D eigenvalue weighted by Gasteiger charge is 2.16. The van der Waals surface area contributed by atoms with Crippen LogP contribution in [0.5, 0.6) is 5.75 Å². The van der Waals surface area contributed by atoms with E-state index in [2.05, 4.69) is 76.3 Å². The smallest absolute Gasteiger partial charge is 0.124 e. The quantitative estimate of drug-likeness (QED) is 0.814. The van der Waals surface area contributed by atoms with Gasteiger partial charge in [-0.05, 0) is 51.0 Å². The molecule has 0 amide bonds. The Morgan fingerprint density at radius 3 is 2.48 bits per heavy atom. The van der Waals surface area contributed by atoms with E-state index in [0.29, 0.717) is 0 Å². The zero-order chi connectivity index (χ0) is 15.5. The molecule has 114 valence electrons. The maximum Gasteiger partial charge on any atom is 0.124 e. The van der Waals surface area contributed by atoms with Crippen LogP contribution in [0.1, 0.15) is 46.6 Å². The van der Waals surface area contributed by atoms with Gasteiger partial charge >= 0.3 is 0 Å². The summed E-state index contributed by atoms with van der Waals surface area (Å²) in [5.74, 6) is 0.989. The maximum absolute atomic E-state index is 6.01. The van der Waals surface area contributed by atoms with Gasteiger partial charge in [-0.3, -0.25) is 0 Å². The minimum absolute atomic E-state index is 0.131. The highest BCUT2D eigenvalue weighted by Crippen LogP contribution is 2.29. The van der Waals surface area contributed by atoms with Gasteiger partial charge in [-0.15, -0.1) is 0 Å². The van der Waals surface area contributed by atoms with Crippen molar-refractivity contribution in [3.8, 4) is 5.75 Å². The first-order chi connectivity index (χ1) is 9.93. The second-order valence-electron chi connectivity index (χ2n) is 6.52. The molecule has 0 radical (unpaired) electrons. The number of rotatable bonds is 6. The van der Waals surface area contributed by atoms with Crippen LogP contribution in [0.15, 0.2) is 36.4 Å². The van der Waals surface area contributed by atoms with Gasteiger partial charge in [0.1, 0.15) is 5.75 Å². The third-order valence-corrected chi connectivity index (χ3v) is 3.99. The van der Waals surface area contributed by atoms with Crippen molar-refractivity contribution in [1.82, 2.24) is 5.32 Å². The van der Waals surface area contributed by atoms with E-state index < -0.39 is 0 Å². The SMILES string of the molecule is CCC(C)(C)NCc1c(OC(C)C)ccc2ccccc12. The summed E-state index contributed by atoms with van der Waals surface area (Å²) in [7, 11) is 0. The Morgan fingerprint density at radius 2 is 1.81 bits per heavy atom. The minimum Gasteiger partial charge on any atom is -0.491 e. The van der Waals surface area contributed by atoms with Crippen LogP contribution in [-0.2, 0) is 6.54 Å². The van der Waals surface area contributed by atoms with Crippen molar-refractivity contribution >= 4 is 10.8 Å². The van der Waals surface area contributed by atoms with Crippen LogP contribution in [0.25, 0.3) is 10.8 Å². The van der Waals surface area contributed by atoms with E-state index >= 15 is 0 Å². The van der Waals surface area contributed by atoms with Crippen molar-refractivity contribution in [3.05, 3.63) is 42.0 Å². The molecule has 0 bridgehead atoms. The highest BCUT2D eigenvalue weighted by atomic mass is 16.5. The average molecular weight is 285 g/mol. The van der Waals surface area contributed by atoms with Crippen LogP contribution in [-0.4, -0.2) is 11.6 Å². The second-order valence-corrected chi connectivity index (χ2v) is 6.52. The lowest BCUT2D eigenvalue weighted by Gasteiger charge is -2.26. The summed E-state index contributed by atoms with van der Waals surface area (Å²) in [6.45, 7) is 11.7. The van der Waals surface area contributed by atoms with Crippen molar-refractivity contribution in [2.45, 2.75) is 59.2 Å². The van der Waals surface area contributed by atoms with Gasteiger partial charge in [0.05, 0.1) is 6.10 Å². The standard InChI is InChI=1S/C19H27NO/c1-6-19(4,5)20-13-17-16-10-8-7-9-15(16)11-12-18(17)21-14(2)3/h7-12,14,20H,6,13H2,1-5H3. The zero-order valence-corrected chi connectivity index (χ0v) is 13.9. The molecule has 2 heteroatoms. The molecule has 2 nitrogen and oxygen atoms in total. The molecule has 2 rings (SSSR count). The Labute approximate surface area is 128 Å². The molecule has 0 aromatic heterocycles. The van der Waals surface area contributed by atoms with Crippen LogP contribution >= 0.6 is 0 Å². The van der Waals surface area contributed by atoms with E-state index in [4.69, 9.17) is 4.74 Å². The predicted octanol–water partition coefficient (Wildman–Crippen LogP) is 4.91. The Morgan fingerprint density at radius 1 is 1.10 bits per heavy atom. The molecule has 21 heavy (non-hydrogen) atoms. The molecule has 1 N–H and O–H groups in total. The van der Waals surface area contributed by atoms with E-state index in [-0.39, 0.29) is 11.6 Å². The van der Waals surface area contributed by atoms with Crippen molar-refractivity contribution < 1.29 is 4.74 Å².